The zero-order valence-electron chi connectivity index (χ0n) is 16.6. The van der Waals surface area contributed by atoms with Crippen molar-refractivity contribution in [1.29, 1.82) is 0 Å². The van der Waals surface area contributed by atoms with Gasteiger partial charge >= 0.3 is 6.01 Å². The molecule has 1 N–H and O–H groups in total. The number of anilines is 1. The van der Waals surface area contributed by atoms with Gasteiger partial charge in [-0.1, -0.05) is 11.6 Å². The minimum atomic E-state index is -3.78. The molecule has 0 radical (unpaired) electrons. The summed E-state index contributed by atoms with van der Waals surface area (Å²) < 4.78 is 60.9. The summed E-state index contributed by atoms with van der Waals surface area (Å²) in [5, 5.41) is -1.13. The first-order valence-corrected chi connectivity index (χ1v) is 10.8. The lowest BCUT2D eigenvalue weighted by Gasteiger charge is -2.13. The summed E-state index contributed by atoms with van der Waals surface area (Å²) in [6.45, 7) is 2.95. The molecule has 0 saturated heterocycles. The summed E-state index contributed by atoms with van der Waals surface area (Å²) in [6.07, 6.45) is 1.47. The van der Waals surface area contributed by atoms with E-state index < -0.39 is 38.7 Å². The lowest BCUT2D eigenvalue weighted by molar-refractivity contribution is 0.409. The molecule has 164 valence electrons. The van der Waals surface area contributed by atoms with Gasteiger partial charge < -0.3 is 9.30 Å². The fourth-order valence-corrected chi connectivity index (χ4v) is 3.26. The molecule has 0 aliphatic rings. The maximum atomic E-state index is 14.1. The molecule has 3 aromatic rings. The molecule has 0 aliphatic carbocycles. The van der Waals surface area contributed by atoms with Crippen LogP contribution in [0.1, 0.15) is 13.8 Å². The van der Waals surface area contributed by atoms with Crippen LogP contribution in [0.4, 0.5) is 14.6 Å². The Morgan fingerprint density at radius 3 is 2.48 bits per heavy atom. The van der Waals surface area contributed by atoms with Gasteiger partial charge in [-0.25, -0.2) is 17.2 Å². The highest BCUT2D eigenvalue weighted by Gasteiger charge is 2.20. The minimum absolute atomic E-state index is 0.152. The van der Waals surface area contributed by atoms with Gasteiger partial charge in [0.25, 0.3) is 0 Å². The van der Waals surface area contributed by atoms with E-state index in [1.807, 2.05) is 0 Å². The molecule has 0 spiro atoms. The summed E-state index contributed by atoms with van der Waals surface area (Å²) in [7, 11) is -2.25. The number of sulfonamides is 1. The number of halogens is 3. The topological polar surface area (TPSA) is 103 Å². The highest BCUT2D eigenvalue weighted by molar-refractivity contribution is 7.93. The Hall–Kier alpha value is -3.05. The van der Waals surface area contributed by atoms with Crippen molar-refractivity contribution in [2.45, 2.75) is 19.1 Å². The number of ether oxygens (including phenoxy) is 1. The number of nitrogens with zero attached hydrogens (tertiary/aromatic N) is 3. The average Bonchev–Trinajstić information content (AvgIpc) is 2.66. The largest absolute Gasteiger partial charge is 0.419 e. The van der Waals surface area contributed by atoms with Gasteiger partial charge in [0.15, 0.2) is 11.6 Å². The van der Waals surface area contributed by atoms with Crippen molar-refractivity contribution in [1.82, 2.24) is 14.5 Å². The third kappa shape index (κ3) is 5.17. The van der Waals surface area contributed by atoms with Crippen LogP contribution in [0.15, 0.2) is 41.3 Å². The van der Waals surface area contributed by atoms with Crippen molar-refractivity contribution in [3.63, 3.8) is 0 Å². The van der Waals surface area contributed by atoms with Crippen LogP contribution in [-0.2, 0) is 17.1 Å². The quantitative estimate of drug-likeness (QED) is 0.589. The maximum Gasteiger partial charge on any atom is 0.324 e. The molecule has 8 nitrogen and oxygen atoms in total. The van der Waals surface area contributed by atoms with Crippen molar-refractivity contribution in [3.8, 4) is 23.0 Å². The number of hydrogen-bond donors (Lipinski definition) is 1. The third-order valence-electron chi connectivity index (χ3n) is 4.11. The molecule has 0 fully saturated rings. The molecule has 31 heavy (non-hydrogen) atoms. The third-order valence-corrected chi connectivity index (χ3v) is 6.13. The van der Waals surface area contributed by atoms with Crippen LogP contribution in [0.2, 0.25) is 5.02 Å². The van der Waals surface area contributed by atoms with Gasteiger partial charge in [-0.3, -0.25) is 9.52 Å². The summed E-state index contributed by atoms with van der Waals surface area (Å²) >= 11 is 5.86. The summed E-state index contributed by atoms with van der Waals surface area (Å²) in [5.41, 5.74) is 0.348. The normalized spacial score (nSPS) is 11.6. The Morgan fingerprint density at radius 2 is 1.87 bits per heavy atom. The number of benzene rings is 1. The molecule has 1 aromatic carbocycles. The monoisotopic (exact) mass is 470 g/mol. The number of rotatable bonds is 6. The first kappa shape index (κ1) is 22.6. The van der Waals surface area contributed by atoms with Gasteiger partial charge in [-0.15, -0.1) is 0 Å². The van der Waals surface area contributed by atoms with Crippen LogP contribution in [0.3, 0.4) is 0 Å². The highest BCUT2D eigenvalue weighted by Crippen LogP contribution is 2.33. The van der Waals surface area contributed by atoms with Crippen molar-refractivity contribution >= 4 is 27.4 Å². The van der Waals surface area contributed by atoms with Crippen LogP contribution in [0.25, 0.3) is 11.3 Å². The lowest BCUT2D eigenvalue weighted by Crippen LogP contribution is -2.23. The van der Waals surface area contributed by atoms with Gasteiger partial charge in [-0.05, 0) is 26.0 Å². The molecular formula is C19H17ClF2N4O4S. The minimum Gasteiger partial charge on any atom is -0.419 e. The van der Waals surface area contributed by atoms with Gasteiger partial charge in [0.05, 0.1) is 16.0 Å². The van der Waals surface area contributed by atoms with Crippen LogP contribution in [0, 0.1) is 11.6 Å². The molecule has 0 unspecified atom stereocenters. The fourth-order valence-electron chi connectivity index (χ4n) is 2.40. The number of hydrogen-bond acceptors (Lipinski definition) is 6. The Balaban J connectivity index is 2.13. The fraction of sp³-hybridized carbons (Fsp3) is 0.211. The van der Waals surface area contributed by atoms with E-state index in [2.05, 4.69) is 14.7 Å². The lowest BCUT2D eigenvalue weighted by atomic mass is 10.2. The predicted octanol–water partition coefficient (Wildman–Crippen LogP) is 3.72. The molecule has 3 rings (SSSR count). The Labute approximate surface area is 181 Å². The van der Waals surface area contributed by atoms with Crippen molar-refractivity contribution in [3.05, 3.63) is 63.5 Å². The van der Waals surface area contributed by atoms with E-state index >= 15 is 0 Å². The van der Waals surface area contributed by atoms with Crippen LogP contribution >= 0.6 is 11.6 Å². The van der Waals surface area contributed by atoms with Crippen molar-refractivity contribution in [2.24, 2.45) is 7.05 Å². The maximum absolute atomic E-state index is 14.1. The Morgan fingerprint density at radius 1 is 1.16 bits per heavy atom. The smallest absolute Gasteiger partial charge is 0.324 e. The number of nitrogens with one attached hydrogen (secondary N) is 1. The van der Waals surface area contributed by atoms with Crippen LogP contribution in [-0.4, -0.2) is 28.2 Å². The van der Waals surface area contributed by atoms with Gasteiger partial charge in [0.2, 0.25) is 15.6 Å². The van der Waals surface area contributed by atoms with Gasteiger partial charge in [-0.2, -0.15) is 9.97 Å². The molecule has 0 saturated carbocycles. The molecule has 12 heteroatoms. The first-order chi connectivity index (χ1) is 14.5. The van der Waals surface area contributed by atoms with Crippen molar-refractivity contribution < 1.29 is 21.9 Å². The first-order valence-electron chi connectivity index (χ1n) is 8.86. The van der Waals surface area contributed by atoms with Gasteiger partial charge in [0.1, 0.15) is 11.6 Å². The molecule has 0 aliphatic heterocycles. The van der Waals surface area contributed by atoms with Crippen LogP contribution in [0.5, 0.6) is 11.8 Å². The second-order valence-electron chi connectivity index (χ2n) is 6.78. The number of aromatic nitrogens is 3. The second-order valence-corrected chi connectivity index (χ2v) is 9.43. The second kappa shape index (κ2) is 8.60. The van der Waals surface area contributed by atoms with E-state index in [0.29, 0.717) is 11.6 Å². The van der Waals surface area contributed by atoms with E-state index in [9.17, 15) is 22.0 Å². The number of aryl methyl sites for hydroxylation is 1. The van der Waals surface area contributed by atoms with E-state index in [1.165, 1.54) is 49.9 Å². The average molecular weight is 471 g/mol. The van der Waals surface area contributed by atoms with Gasteiger partial charge in [0, 0.05) is 37.0 Å². The molecular weight excluding hydrogens is 454 g/mol. The molecule has 0 amide bonds. The predicted molar refractivity (Wildman–Crippen MR) is 112 cm³/mol. The Bertz CT molecular complexity index is 1290. The SMILES string of the molecule is CC(C)S(=O)(=O)Nc1cc(-c2ccc(=O)n(C)c2)nc(Oc2c(F)cc(F)cc2Cl)n1. The van der Waals surface area contributed by atoms with E-state index in [0.717, 1.165) is 6.07 Å². The number of pyridine rings is 1. The van der Waals surface area contributed by atoms with E-state index in [1.54, 1.807) is 0 Å². The molecule has 0 bridgehead atoms. The summed E-state index contributed by atoms with van der Waals surface area (Å²) in [5.74, 6) is -2.68. The molecule has 2 aromatic heterocycles. The zero-order chi connectivity index (χ0) is 22.9. The van der Waals surface area contributed by atoms with Crippen LogP contribution < -0.4 is 15.0 Å². The van der Waals surface area contributed by atoms with Crippen molar-refractivity contribution in [2.75, 3.05) is 4.72 Å². The molecule has 0 atom stereocenters. The van der Waals surface area contributed by atoms with E-state index in [-0.39, 0.29) is 22.1 Å². The summed E-state index contributed by atoms with van der Waals surface area (Å²) in [4.78, 5) is 19.8. The standard InChI is InChI=1S/C19H17ClF2N4O4S/c1-10(2)31(28,29)25-16-8-15(11-4-5-17(27)26(3)9-11)23-19(24-16)30-18-13(20)6-12(21)7-14(18)22/h4-10H,1-3H3,(H,23,24,25). The highest BCUT2D eigenvalue weighted by atomic mass is 35.5. The van der Waals surface area contributed by atoms with E-state index in [4.69, 9.17) is 16.3 Å². The Kier molecular flexibility index (Phi) is 6.27. The summed E-state index contributed by atoms with van der Waals surface area (Å²) in [6, 6.07) is 5.07. The zero-order valence-corrected chi connectivity index (χ0v) is 18.1. The molecule has 2 heterocycles.